The number of hydrogen-bond donors (Lipinski definition) is 2. The van der Waals surface area contributed by atoms with Gasteiger partial charge in [-0.25, -0.2) is 15.0 Å². The summed E-state index contributed by atoms with van der Waals surface area (Å²) in [5.41, 5.74) is 3.32. The van der Waals surface area contributed by atoms with Gasteiger partial charge in [-0.15, -0.1) is 0 Å². The molecule has 0 unspecified atom stereocenters. The number of aromatic nitrogens is 3. The van der Waals surface area contributed by atoms with Crippen LogP contribution < -0.4 is 20.1 Å². The number of nitrogens with one attached hydrogen (secondary N) is 2. The maximum Gasteiger partial charge on any atom is 0.274 e. The molecule has 8 heteroatoms. The molecule has 2 N–H and O–H groups in total. The van der Waals surface area contributed by atoms with E-state index in [1.165, 1.54) is 6.33 Å². The smallest absolute Gasteiger partial charge is 0.274 e. The van der Waals surface area contributed by atoms with E-state index < -0.39 is 0 Å². The number of ether oxygens (including phenoxy) is 2. The van der Waals surface area contributed by atoms with Crippen molar-refractivity contribution >= 4 is 44.9 Å². The first-order valence-electron chi connectivity index (χ1n) is 10.6. The number of para-hydroxylation sites is 1. The third-order valence-corrected chi connectivity index (χ3v) is 5.38. The lowest BCUT2D eigenvalue weighted by atomic mass is 10.2. The SMILES string of the molecule is COc1cc2ncnc(Nc3ccc(NC(=O)c4ccc5ccccc5n4)cc3)c2cc1OC. The average molecular weight is 451 g/mol. The van der Waals surface area contributed by atoms with E-state index in [0.717, 1.165) is 27.5 Å². The van der Waals surface area contributed by atoms with Crippen molar-refractivity contribution < 1.29 is 14.3 Å². The van der Waals surface area contributed by atoms with E-state index in [2.05, 4.69) is 25.6 Å². The van der Waals surface area contributed by atoms with Gasteiger partial charge in [-0.3, -0.25) is 4.79 Å². The van der Waals surface area contributed by atoms with Crippen molar-refractivity contribution in [3.05, 3.63) is 84.8 Å². The molecule has 0 saturated heterocycles. The molecular formula is C26H21N5O3. The molecule has 2 aromatic heterocycles. The molecule has 0 atom stereocenters. The molecule has 8 nitrogen and oxygen atoms in total. The Labute approximate surface area is 195 Å². The molecule has 2 heterocycles. The van der Waals surface area contributed by atoms with Crippen molar-refractivity contribution in [3.8, 4) is 11.5 Å². The van der Waals surface area contributed by atoms with Crippen LogP contribution >= 0.6 is 0 Å². The van der Waals surface area contributed by atoms with Crippen LogP contribution in [-0.2, 0) is 0 Å². The summed E-state index contributed by atoms with van der Waals surface area (Å²) in [5, 5.41) is 7.96. The number of anilines is 3. The molecule has 0 bridgehead atoms. The Balaban J connectivity index is 1.34. The van der Waals surface area contributed by atoms with Crippen LogP contribution in [0.5, 0.6) is 11.5 Å². The zero-order valence-corrected chi connectivity index (χ0v) is 18.6. The van der Waals surface area contributed by atoms with Gasteiger partial charge in [0.25, 0.3) is 5.91 Å². The van der Waals surface area contributed by atoms with Gasteiger partial charge in [-0.2, -0.15) is 0 Å². The van der Waals surface area contributed by atoms with Crippen molar-refractivity contribution in [2.45, 2.75) is 0 Å². The highest BCUT2D eigenvalue weighted by Gasteiger charge is 2.12. The van der Waals surface area contributed by atoms with Crippen LogP contribution in [0.3, 0.4) is 0 Å². The van der Waals surface area contributed by atoms with Crippen LogP contribution in [0.25, 0.3) is 21.8 Å². The number of carbonyl (C=O) groups is 1. The minimum atomic E-state index is -0.269. The summed E-state index contributed by atoms with van der Waals surface area (Å²) >= 11 is 0. The van der Waals surface area contributed by atoms with Crippen LogP contribution in [0.2, 0.25) is 0 Å². The maximum absolute atomic E-state index is 12.7. The predicted octanol–water partition coefficient (Wildman–Crippen LogP) is 5.19. The maximum atomic E-state index is 12.7. The van der Waals surface area contributed by atoms with E-state index in [1.54, 1.807) is 26.4 Å². The molecule has 34 heavy (non-hydrogen) atoms. The number of amides is 1. The highest BCUT2D eigenvalue weighted by molar-refractivity contribution is 6.04. The summed E-state index contributed by atoms with van der Waals surface area (Å²) in [5.74, 6) is 1.55. The second-order valence-corrected chi connectivity index (χ2v) is 7.49. The lowest BCUT2D eigenvalue weighted by Crippen LogP contribution is -2.13. The van der Waals surface area contributed by atoms with E-state index >= 15 is 0 Å². The number of nitrogens with zero attached hydrogens (tertiary/aromatic N) is 3. The van der Waals surface area contributed by atoms with Gasteiger partial charge >= 0.3 is 0 Å². The minimum absolute atomic E-state index is 0.269. The Bertz CT molecular complexity index is 1500. The van der Waals surface area contributed by atoms with Gasteiger partial charge in [0.05, 0.1) is 25.3 Å². The third kappa shape index (κ3) is 4.16. The molecule has 5 aromatic rings. The molecule has 0 spiro atoms. The Morgan fingerprint density at radius 3 is 2.32 bits per heavy atom. The summed E-state index contributed by atoms with van der Waals surface area (Å²) in [6.45, 7) is 0. The van der Waals surface area contributed by atoms with Crippen LogP contribution in [0.15, 0.2) is 79.1 Å². The van der Waals surface area contributed by atoms with Crippen molar-refractivity contribution in [3.63, 3.8) is 0 Å². The lowest BCUT2D eigenvalue weighted by molar-refractivity contribution is 0.102. The highest BCUT2D eigenvalue weighted by atomic mass is 16.5. The first kappa shape index (κ1) is 21.1. The van der Waals surface area contributed by atoms with E-state index in [1.807, 2.05) is 60.7 Å². The van der Waals surface area contributed by atoms with Gasteiger partial charge in [0.1, 0.15) is 17.8 Å². The molecule has 0 fully saturated rings. The summed E-state index contributed by atoms with van der Waals surface area (Å²) in [7, 11) is 3.17. The van der Waals surface area contributed by atoms with Gasteiger partial charge in [0.2, 0.25) is 0 Å². The number of rotatable bonds is 6. The summed E-state index contributed by atoms with van der Waals surface area (Å²) < 4.78 is 10.8. The van der Waals surface area contributed by atoms with Gasteiger partial charge in [-0.1, -0.05) is 24.3 Å². The molecule has 0 aliphatic carbocycles. The summed E-state index contributed by atoms with van der Waals surface area (Å²) in [6, 6.07) is 22.3. The average Bonchev–Trinajstić information content (AvgIpc) is 2.88. The number of carbonyl (C=O) groups excluding carboxylic acids is 1. The molecule has 5 rings (SSSR count). The third-order valence-electron chi connectivity index (χ3n) is 5.38. The predicted molar refractivity (Wildman–Crippen MR) is 132 cm³/mol. The normalized spacial score (nSPS) is 10.8. The fraction of sp³-hybridized carbons (Fsp3) is 0.0769. The minimum Gasteiger partial charge on any atom is -0.493 e. The van der Waals surface area contributed by atoms with E-state index in [0.29, 0.717) is 28.7 Å². The molecule has 0 aliphatic heterocycles. The van der Waals surface area contributed by atoms with Crippen LogP contribution in [-0.4, -0.2) is 35.1 Å². The Morgan fingerprint density at radius 2 is 1.53 bits per heavy atom. The second-order valence-electron chi connectivity index (χ2n) is 7.49. The largest absolute Gasteiger partial charge is 0.493 e. The Kier molecular flexibility index (Phi) is 5.61. The number of pyridine rings is 1. The van der Waals surface area contributed by atoms with Gasteiger partial charge in [0, 0.05) is 28.2 Å². The van der Waals surface area contributed by atoms with Crippen molar-refractivity contribution in [2.24, 2.45) is 0 Å². The molecular weight excluding hydrogens is 430 g/mol. The zero-order valence-electron chi connectivity index (χ0n) is 18.6. The summed E-state index contributed by atoms with van der Waals surface area (Å²) in [4.78, 5) is 25.8. The monoisotopic (exact) mass is 451 g/mol. The van der Waals surface area contributed by atoms with E-state index in [4.69, 9.17) is 9.47 Å². The molecule has 1 amide bonds. The van der Waals surface area contributed by atoms with Gasteiger partial charge < -0.3 is 20.1 Å². The van der Waals surface area contributed by atoms with E-state index in [9.17, 15) is 4.79 Å². The molecule has 0 saturated carbocycles. The molecule has 3 aromatic carbocycles. The second kappa shape index (κ2) is 9.03. The van der Waals surface area contributed by atoms with Crippen LogP contribution in [0.1, 0.15) is 10.5 Å². The fourth-order valence-electron chi connectivity index (χ4n) is 3.64. The van der Waals surface area contributed by atoms with E-state index in [-0.39, 0.29) is 5.91 Å². The van der Waals surface area contributed by atoms with Crippen molar-refractivity contribution in [1.29, 1.82) is 0 Å². The topological polar surface area (TPSA) is 98.3 Å². The number of benzene rings is 3. The Morgan fingerprint density at radius 1 is 0.794 bits per heavy atom. The van der Waals surface area contributed by atoms with Crippen LogP contribution in [0, 0.1) is 0 Å². The molecule has 0 aliphatic rings. The lowest BCUT2D eigenvalue weighted by Gasteiger charge is -2.12. The molecule has 0 radical (unpaired) electrons. The first-order chi connectivity index (χ1) is 16.6. The van der Waals surface area contributed by atoms with Crippen molar-refractivity contribution in [2.75, 3.05) is 24.9 Å². The Hall–Kier alpha value is -4.72. The van der Waals surface area contributed by atoms with Gasteiger partial charge in [0.15, 0.2) is 11.5 Å². The number of hydrogen-bond acceptors (Lipinski definition) is 7. The summed E-state index contributed by atoms with van der Waals surface area (Å²) in [6.07, 6.45) is 1.49. The van der Waals surface area contributed by atoms with Crippen LogP contribution in [0.4, 0.5) is 17.2 Å². The number of methoxy groups -OCH3 is 2. The zero-order chi connectivity index (χ0) is 23.5. The van der Waals surface area contributed by atoms with Crippen molar-refractivity contribution in [1.82, 2.24) is 15.0 Å². The first-order valence-corrected chi connectivity index (χ1v) is 10.6. The highest BCUT2D eigenvalue weighted by Crippen LogP contribution is 2.34. The quantitative estimate of drug-likeness (QED) is 0.366. The van der Waals surface area contributed by atoms with Gasteiger partial charge in [-0.05, 0) is 42.5 Å². The number of fused-ring (bicyclic) bond motifs is 2. The fourth-order valence-corrected chi connectivity index (χ4v) is 3.64. The standard InChI is InChI=1S/C26H21N5O3/c1-33-23-13-19-22(14-24(23)34-2)27-15-28-25(19)29-17-8-10-18(11-9-17)30-26(32)21-12-7-16-5-3-4-6-20(16)31-21/h3-15H,1-2H3,(H,30,32)(H,27,28,29). The molecule has 168 valence electrons.